The van der Waals surface area contributed by atoms with E-state index in [1.165, 1.54) is 0 Å². The molecule has 3 heterocycles. The molecule has 7 rings (SSSR count). The first-order valence-electron chi connectivity index (χ1n) is 15.4. The number of nitrogens with zero attached hydrogens (tertiary/aromatic N) is 1. The third-order valence-corrected chi connectivity index (χ3v) is 9.92. The van der Waals surface area contributed by atoms with Crippen LogP contribution in [0.4, 0.5) is 5.69 Å². The monoisotopic (exact) mass is 604 g/mol. The van der Waals surface area contributed by atoms with Crippen LogP contribution >= 0.6 is 11.6 Å². The van der Waals surface area contributed by atoms with Gasteiger partial charge in [-0.15, -0.1) is 0 Å². The van der Waals surface area contributed by atoms with Crippen LogP contribution in [0.15, 0.2) is 109 Å². The second kappa shape index (κ2) is 10.9. The number of esters is 1. The summed E-state index contributed by atoms with van der Waals surface area (Å²) >= 11 is 6.47. The molecule has 5 nitrogen and oxygen atoms in total. The van der Waals surface area contributed by atoms with Gasteiger partial charge in [-0.25, -0.2) is 0 Å². The van der Waals surface area contributed by atoms with E-state index in [0.29, 0.717) is 17.9 Å². The zero-order valence-corrected chi connectivity index (χ0v) is 26.0. The van der Waals surface area contributed by atoms with E-state index in [2.05, 4.69) is 55.3 Å². The lowest BCUT2D eigenvalue weighted by Crippen LogP contribution is -2.54. The number of benzene rings is 4. The number of cyclic esters (lactones) is 1. The first-order valence-corrected chi connectivity index (χ1v) is 15.8. The number of amides is 1. The lowest BCUT2D eigenvalue weighted by molar-refractivity contribution is -0.177. The van der Waals surface area contributed by atoms with Gasteiger partial charge < -0.3 is 10.1 Å². The van der Waals surface area contributed by atoms with E-state index in [0.717, 1.165) is 27.9 Å². The zero-order chi connectivity index (χ0) is 30.6. The number of hydrogen-bond donors (Lipinski definition) is 1. The van der Waals surface area contributed by atoms with Crippen LogP contribution < -0.4 is 5.32 Å². The van der Waals surface area contributed by atoms with Crippen LogP contribution in [-0.2, 0) is 26.2 Å². The van der Waals surface area contributed by atoms with Gasteiger partial charge in [0.05, 0.1) is 11.5 Å². The molecule has 224 valence electrons. The maximum absolute atomic E-state index is 14.8. The van der Waals surface area contributed by atoms with Crippen LogP contribution in [0.5, 0.6) is 0 Å². The summed E-state index contributed by atoms with van der Waals surface area (Å²) in [6.07, 6.45) is 0.708. The molecule has 1 amide bonds. The number of ether oxygens (including phenoxy) is 1. The van der Waals surface area contributed by atoms with Crippen molar-refractivity contribution in [3.8, 4) is 0 Å². The summed E-state index contributed by atoms with van der Waals surface area (Å²) in [5.41, 5.74) is 3.55. The molecule has 0 aliphatic carbocycles. The highest BCUT2D eigenvalue weighted by molar-refractivity contribution is 6.31. The molecule has 4 aromatic carbocycles. The molecule has 3 aliphatic rings. The third kappa shape index (κ3) is 4.65. The molecule has 6 heteroatoms. The Labute approximate surface area is 264 Å². The zero-order valence-electron chi connectivity index (χ0n) is 25.2. The van der Waals surface area contributed by atoms with E-state index in [9.17, 15) is 9.59 Å². The van der Waals surface area contributed by atoms with Gasteiger partial charge in [-0.3, -0.25) is 14.5 Å². The summed E-state index contributed by atoms with van der Waals surface area (Å²) in [6, 6.07) is 35.0. The summed E-state index contributed by atoms with van der Waals surface area (Å²) in [5.74, 6) is -0.733. The summed E-state index contributed by atoms with van der Waals surface area (Å²) in [5, 5.41) is 3.79. The number of fused-ring (bicyclic) bond motifs is 3. The highest BCUT2D eigenvalue weighted by atomic mass is 35.5. The molecule has 0 saturated carbocycles. The van der Waals surface area contributed by atoms with Crippen LogP contribution in [0.25, 0.3) is 0 Å². The highest BCUT2D eigenvalue weighted by Gasteiger charge is 2.71. The number of nitrogens with one attached hydrogen (secondary N) is 1. The number of morpholine rings is 1. The van der Waals surface area contributed by atoms with Gasteiger partial charge in [0.1, 0.15) is 12.1 Å². The largest absolute Gasteiger partial charge is 0.454 e. The molecule has 1 unspecified atom stereocenters. The number of anilines is 1. The van der Waals surface area contributed by atoms with Crippen molar-refractivity contribution in [1.29, 1.82) is 0 Å². The summed E-state index contributed by atoms with van der Waals surface area (Å²) in [7, 11) is 0. The quantitative estimate of drug-likeness (QED) is 0.235. The van der Waals surface area contributed by atoms with Crippen LogP contribution in [-0.4, -0.2) is 28.9 Å². The molecule has 1 N–H and O–H groups in total. The normalized spacial score (nSPS) is 28.0. The van der Waals surface area contributed by atoms with Crippen molar-refractivity contribution in [3.05, 3.63) is 136 Å². The Hall–Kier alpha value is -3.93. The van der Waals surface area contributed by atoms with Gasteiger partial charge in [0.2, 0.25) is 5.91 Å². The average Bonchev–Trinajstić information content (AvgIpc) is 3.45. The Kier molecular flexibility index (Phi) is 7.14. The minimum absolute atomic E-state index is 0.0739. The molecule has 0 radical (unpaired) electrons. The maximum atomic E-state index is 14.8. The number of rotatable bonds is 5. The Morgan fingerprint density at radius 1 is 0.818 bits per heavy atom. The fourth-order valence-corrected chi connectivity index (χ4v) is 8.28. The predicted molar refractivity (Wildman–Crippen MR) is 173 cm³/mol. The lowest BCUT2D eigenvalue weighted by Gasteiger charge is -2.47. The SMILES string of the molecule is CC(C)(C)C[C@H]1N2[C@H](c3ccccc3)[C@H](c3ccccc3)OC(=O)[C@H]2C(Cc2ccccc2)[C@@]12C(=O)Nc1cc(Cl)ccc12. The van der Waals surface area contributed by atoms with Gasteiger partial charge in [0, 0.05) is 22.7 Å². The van der Waals surface area contributed by atoms with Crippen LogP contribution in [0.2, 0.25) is 5.02 Å². The number of halogens is 1. The van der Waals surface area contributed by atoms with Crippen molar-refractivity contribution in [2.24, 2.45) is 11.3 Å². The van der Waals surface area contributed by atoms with Crippen molar-refractivity contribution in [2.45, 2.75) is 63.3 Å². The van der Waals surface area contributed by atoms with Crippen molar-refractivity contribution in [1.82, 2.24) is 4.90 Å². The van der Waals surface area contributed by atoms with Gasteiger partial charge in [-0.1, -0.05) is 129 Å². The molecular formula is C38H37ClN2O3. The smallest absolute Gasteiger partial charge is 0.324 e. The van der Waals surface area contributed by atoms with Crippen molar-refractivity contribution < 1.29 is 14.3 Å². The minimum atomic E-state index is -1.01. The topological polar surface area (TPSA) is 58.6 Å². The summed E-state index contributed by atoms with van der Waals surface area (Å²) in [6.45, 7) is 6.64. The molecule has 2 saturated heterocycles. The highest BCUT2D eigenvalue weighted by Crippen LogP contribution is 2.62. The second-order valence-electron chi connectivity index (χ2n) is 13.6. The molecule has 6 atom stereocenters. The molecule has 0 aromatic heterocycles. The summed E-state index contributed by atoms with van der Waals surface area (Å²) < 4.78 is 6.51. The van der Waals surface area contributed by atoms with Crippen LogP contribution in [0.1, 0.15) is 61.6 Å². The van der Waals surface area contributed by atoms with E-state index in [1.807, 2.05) is 84.9 Å². The first-order chi connectivity index (χ1) is 21.2. The van der Waals surface area contributed by atoms with Gasteiger partial charge in [0.15, 0.2) is 0 Å². The van der Waals surface area contributed by atoms with Crippen molar-refractivity contribution in [3.63, 3.8) is 0 Å². The number of carbonyl (C=O) groups excluding carboxylic acids is 2. The first kappa shape index (κ1) is 28.8. The predicted octanol–water partition coefficient (Wildman–Crippen LogP) is 7.92. The molecule has 4 aromatic rings. The Morgan fingerprint density at radius 2 is 1.43 bits per heavy atom. The average molecular weight is 605 g/mol. The van der Waals surface area contributed by atoms with Crippen molar-refractivity contribution in [2.75, 3.05) is 5.32 Å². The van der Waals surface area contributed by atoms with E-state index < -0.39 is 17.6 Å². The van der Waals surface area contributed by atoms with Crippen LogP contribution in [0, 0.1) is 11.3 Å². The Morgan fingerprint density at radius 3 is 2.07 bits per heavy atom. The fraction of sp³-hybridized carbons (Fsp3) is 0.316. The second-order valence-corrected chi connectivity index (χ2v) is 14.0. The van der Waals surface area contributed by atoms with Crippen molar-refractivity contribution >= 4 is 29.2 Å². The number of hydrogen-bond acceptors (Lipinski definition) is 4. The van der Waals surface area contributed by atoms with Gasteiger partial charge >= 0.3 is 5.97 Å². The van der Waals surface area contributed by atoms with E-state index >= 15 is 0 Å². The van der Waals surface area contributed by atoms with E-state index in [4.69, 9.17) is 16.3 Å². The van der Waals surface area contributed by atoms with E-state index in [-0.39, 0.29) is 35.3 Å². The molecular weight excluding hydrogens is 568 g/mol. The molecule has 0 bridgehead atoms. The third-order valence-electron chi connectivity index (χ3n) is 9.69. The molecule has 3 aliphatic heterocycles. The van der Waals surface area contributed by atoms with Gasteiger partial charge in [-0.2, -0.15) is 0 Å². The number of carbonyl (C=O) groups is 2. The Bertz CT molecular complexity index is 1690. The van der Waals surface area contributed by atoms with Gasteiger partial charge in [-0.05, 0) is 52.6 Å². The molecule has 44 heavy (non-hydrogen) atoms. The lowest BCUT2D eigenvalue weighted by atomic mass is 9.63. The molecule has 1 spiro atoms. The fourth-order valence-electron chi connectivity index (χ4n) is 8.11. The maximum Gasteiger partial charge on any atom is 0.324 e. The Balaban J connectivity index is 1.51. The van der Waals surface area contributed by atoms with Crippen LogP contribution in [0.3, 0.4) is 0 Å². The van der Waals surface area contributed by atoms with Gasteiger partial charge in [0.25, 0.3) is 0 Å². The van der Waals surface area contributed by atoms with E-state index in [1.54, 1.807) is 0 Å². The molecule has 2 fully saturated rings. The summed E-state index contributed by atoms with van der Waals surface area (Å²) in [4.78, 5) is 31.7. The standard InChI is InChI=1S/C38H37ClN2O3/c1-37(2,3)23-31-38(28-20-19-27(39)22-30(28)40-36(38)43)29(21-24-13-7-4-8-14-24)33-35(42)44-34(26-17-11-6-12-18-26)32(41(31)33)25-15-9-5-10-16-25/h4-20,22,29,31-34H,21,23H2,1-3H3,(H,40,43)/t29?,31-,32-,33-,34+,38-/m1/s1. The minimum Gasteiger partial charge on any atom is -0.454 e.